The van der Waals surface area contributed by atoms with E-state index < -0.39 is 0 Å². The molecule has 1 unspecified atom stereocenters. The van der Waals surface area contributed by atoms with Crippen LogP contribution in [0.1, 0.15) is 90.9 Å². The van der Waals surface area contributed by atoms with Crippen LogP contribution in [0.2, 0.25) is 0 Å². The van der Waals surface area contributed by atoms with E-state index >= 15 is 0 Å². The zero-order valence-electron chi connectivity index (χ0n) is 12.5. The Morgan fingerprint density at radius 3 is 1.53 bits per heavy atom. The van der Waals surface area contributed by atoms with Crippen molar-refractivity contribution in [1.29, 1.82) is 0 Å². The van der Waals surface area contributed by atoms with Crippen molar-refractivity contribution < 1.29 is 0 Å². The minimum atomic E-state index is 0.943. The zero-order chi connectivity index (χ0) is 12.8. The molecule has 0 aliphatic rings. The van der Waals surface area contributed by atoms with Crippen molar-refractivity contribution in [3.63, 3.8) is 0 Å². The van der Waals surface area contributed by atoms with E-state index in [4.69, 9.17) is 0 Å². The topological polar surface area (TPSA) is 0 Å². The third-order valence-electron chi connectivity index (χ3n) is 3.59. The molecule has 0 bridgehead atoms. The first-order valence-corrected chi connectivity index (χ1v) is 9.16. The molecule has 104 valence electrons. The van der Waals surface area contributed by atoms with Crippen LogP contribution in [0.3, 0.4) is 0 Å². The molecular weight excluding hydrogens is 224 g/mol. The molecule has 0 nitrogen and oxygen atoms in total. The van der Waals surface area contributed by atoms with Crippen LogP contribution in [0, 0.1) is 0 Å². The van der Waals surface area contributed by atoms with Crippen LogP contribution >= 0.6 is 11.8 Å². The lowest BCUT2D eigenvalue weighted by Crippen LogP contribution is -2.02. The van der Waals surface area contributed by atoms with Gasteiger partial charge in [0.25, 0.3) is 0 Å². The van der Waals surface area contributed by atoms with Crippen molar-refractivity contribution in [3.8, 4) is 0 Å². The third-order valence-corrected chi connectivity index (χ3v) is 4.73. The molecule has 1 heteroatoms. The molecule has 17 heavy (non-hydrogen) atoms. The Morgan fingerprint density at radius 2 is 1.06 bits per heavy atom. The van der Waals surface area contributed by atoms with Crippen molar-refractivity contribution in [1.82, 2.24) is 0 Å². The van der Waals surface area contributed by atoms with Gasteiger partial charge in [-0.15, -0.1) is 0 Å². The molecule has 1 atom stereocenters. The summed E-state index contributed by atoms with van der Waals surface area (Å²) in [4.78, 5) is 0. The average molecular weight is 259 g/mol. The van der Waals surface area contributed by atoms with Crippen LogP contribution in [-0.4, -0.2) is 11.5 Å². The first-order chi connectivity index (χ1) is 8.35. The second kappa shape index (κ2) is 14.4. The van der Waals surface area contributed by atoms with Gasteiger partial charge in [-0.25, -0.2) is 0 Å². The number of hydrogen-bond donors (Lipinski definition) is 0. The van der Waals surface area contributed by atoms with Crippen molar-refractivity contribution >= 4 is 11.8 Å². The fraction of sp³-hybridized carbons (Fsp3) is 1.00. The van der Waals surface area contributed by atoms with Crippen LogP contribution < -0.4 is 0 Å². The molecule has 0 aliphatic heterocycles. The van der Waals surface area contributed by atoms with E-state index in [-0.39, 0.29) is 0 Å². The maximum absolute atomic E-state index is 2.29. The van der Waals surface area contributed by atoms with Crippen LogP contribution in [0.5, 0.6) is 0 Å². The number of rotatable bonds is 13. The highest BCUT2D eigenvalue weighted by Crippen LogP contribution is 2.22. The molecule has 0 saturated carbocycles. The Balaban J connectivity index is 3.28. The second-order valence-electron chi connectivity index (χ2n) is 5.26. The predicted molar refractivity (Wildman–Crippen MR) is 84.1 cm³/mol. The summed E-state index contributed by atoms with van der Waals surface area (Å²) < 4.78 is 0. The minimum Gasteiger partial charge on any atom is -0.162 e. The van der Waals surface area contributed by atoms with E-state index in [0.29, 0.717) is 0 Å². The highest BCUT2D eigenvalue weighted by molar-refractivity contribution is 7.99. The van der Waals surface area contributed by atoms with Crippen LogP contribution in [-0.2, 0) is 0 Å². The Kier molecular flexibility index (Phi) is 14.7. The summed E-state index contributed by atoms with van der Waals surface area (Å²) in [6, 6.07) is 0. The van der Waals surface area contributed by atoms with Gasteiger partial charge < -0.3 is 0 Å². The summed E-state index contributed by atoms with van der Waals surface area (Å²) >= 11 is 2.10. The van der Waals surface area contributed by atoms with Gasteiger partial charge in [-0.3, -0.25) is 0 Å². The SMILES string of the molecule is CCCCCCCCC(CCCCCC)SC. The molecule has 0 amide bonds. The molecule has 0 aliphatic carbocycles. The lowest BCUT2D eigenvalue weighted by atomic mass is 10.0. The molecule has 0 heterocycles. The number of hydrogen-bond acceptors (Lipinski definition) is 1. The Morgan fingerprint density at radius 1 is 0.647 bits per heavy atom. The lowest BCUT2D eigenvalue weighted by molar-refractivity contribution is 0.551. The fourth-order valence-corrected chi connectivity index (χ4v) is 3.14. The number of unbranched alkanes of at least 4 members (excludes halogenated alkanes) is 8. The van der Waals surface area contributed by atoms with E-state index in [0.717, 1.165) is 5.25 Å². The standard InChI is InChI=1S/C16H34S/c1-4-6-8-10-11-13-15-16(17-3)14-12-9-7-5-2/h16H,4-15H2,1-3H3. The maximum Gasteiger partial charge on any atom is 0.00442 e. The van der Waals surface area contributed by atoms with Gasteiger partial charge in [-0.05, 0) is 19.1 Å². The van der Waals surface area contributed by atoms with Gasteiger partial charge in [0, 0.05) is 5.25 Å². The van der Waals surface area contributed by atoms with Crippen molar-refractivity contribution in [2.24, 2.45) is 0 Å². The van der Waals surface area contributed by atoms with Gasteiger partial charge >= 0.3 is 0 Å². The van der Waals surface area contributed by atoms with E-state index in [1.807, 2.05) is 0 Å². The zero-order valence-corrected chi connectivity index (χ0v) is 13.3. The van der Waals surface area contributed by atoms with Crippen molar-refractivity contribution in [2.75, 3.05) is 6.26 Å². The average Bonchev–Trinajstić information content (AvgIpc) is 2.36. The predicted octanol–water partition coefficient (Wildman–Crippen LogP) is 6.44. The van der Waals surface area contributed by atoms with Gasteiger partial charge in [-0.1, -0.05) is 78.1 Å². The van der Waals surface area contributed by atoms with Crippen LogP contribution in [0.4, 0.5) is 0 Å². The summed E-state index contributed by atoms with van der Waals surface area (Å²) in [5.74, 6) is 0. The van der Waals surface area contributed by atoms with E-state index in [9.17, 15) is 0 Å². The molecule has 0 aromatic rings. The number of thioether (sulfide) groups is 1. The van der Waals surface area contributed by atoms with Gasteiger partial charge in [0.2, 0.25) is 0 Å². The Hall–Kier alpha value is 0.350. The molecule has 0 rings (SSSR count). The first kappa shape index (κ1) is 17.4. The monoisotopic (exact) mass is 258 g/mol. The van der Waals surface area contributed by atoms with E-state index in [1.165, 1.54) is 77.0 Å². The molecule has 0 fully saturated rings. The van der Waals surface area contributed by atoms with Crippen LogP contribution in [0.15, 0.2) is 0 Å². The summed E-state index contributed by atoms with van der Waals surface area (Å²) in [5, 5.41) is 0.943. The quantitative estimate of drug-likeness (QED) is 0.343. The highest BCUT2D eigenvalue weighted by Gasteiger charge is 2.06. The smallest absolute Gasteiger partial charge is 0.00442 e. The summed E-state index contributed by atoms with van der Waals surface area (Å²) in [5.41, 5.74) is 0. The van der Waals surface area contributed by atoms with E-state index in [1.54, 1.807) is 0 Å². The normalized spacial score (nSPS) is 12.9. The second-order valence-corrected chi connectivity index (χ2v) is 6.40. The van der Waals surface area contributed by atoms with Crippen LogP contribution in [0.25, 0.3) is 0 Å². The minimum absolute atomic E-state index is 0.943. The van der Waals surface area contributed by atoms with Gasteiger partial charge in [-0.2, -0.15) is 11.8 Å². The third kappa shape index (κ3) is 12.6. The molecule has 0 aromatic carbocycles. The van der Waals surface area contributed by atoms with Gasteiger partial charge in [0.05, 0.1) is 0 Å². The molecule has 0 spiro atoms. The summed E-state index contributed by atoms with van der Waals surface area (Å²) in [6.07, 6.45) is 19.5. The molecule has 0 saturated heterocycles. The van der Waals surface area contributed by atoms with Gasteiger partial charge in [0.15, 0.2) is 0 Å². The Bertz CT molecular complexity index is 133. The van der Waals surface area contributed by atoms with Gasteiger partial charge in [0.1, 0.15) is 0 Å². The summed E-state index contributed by atoms with van der Waals surface area (Å²) in [6.45, 7) is 4.59. The lowest BCUT2D eigenvalue weighted by Gasteiger charge is -2.13. The molecular formula is C16H34S. The first-order valence-electron chi connectivity index (χ1n) is 7.87. The fourth-order valence-electron chi connectivity index (χ4n) is 2.33. The summed E-state index contributed by atoms with van der Waals surface area (Å²) in [7, 11) is 0. The maximum atomic E-state index is 2.29. The Labute approximate surface area is 114 Å². The molecule has 0 radical (unpaired) electrons. The largest absolute Gasteiger partial charge is 0.162 e. The highest BCUT2D eigenvalue weighted by atomic mass is 32.2. The molecule has 0 N–H and O–H groups in total. The van der Waals surface area contributed by atoms with Crippen molar-refractivity contribution in [3.05, 3.63) is 0 Å². The van der Waals surface area contributed by atoms with E-state index in [2.05, 4.69) is 31.9 Å². The van der Waals surface area contributed by atoms with Crippen molar-refractivity contribution in [2.45, 2.75) is 96.1 Å². The molecule has 0 aromatic heterocycles.